The molecule has 0 amide bonds. The largest absolute Gasteiger partial charge is 0.462 e. The molecule has 0 heterocycles. The van der Waals surface area contributed by atoms with E-state index in [1.807, 2.05) is 0 Å². The third kappa shape index (κ3) is 9.58. The maximum atomic E-state index is 12.6. The van der Waals surface area contributed by atoms with Crippen molar-refractivity contribution < 1.29 is 27.7 Å². The fourth-order valence-electron chi connectivity index (χ4n) is 1.95. The van der Waals surface area contributed by atoms with Crippen LogP contribution in [0.15, 0.2) is 12.2 Å². The Morgan fingerprint density at radius 1 is 1.09 bits per heavy atom. The van der Waals surface area contributed by atoms with Crippen molar-refractivity contribution in [1.29, 1.82) is 0 Å². The van der Waals surface area contributed by atoms with Gasteiger partial charge in [-0.05, 0) is 34.1 Å². The van der Waals surface area contributed by atoms with E-state index in [4.69, 9.17) is 13.8 Å². The van der Waals surface area contributed by atoms with Crippen molar-refractivity contribution in [3.05, 3.63) is 12.2 Å². The highest BCUT2D eigenvalue weighted by Crippen LogP contribution is 2.51. The Kier molecular flexibility index (Phi) is 9.49. The van der Waals surface area contributed by atoms with Gasteiger partial charge in [0.15, 0.2) is 0 Å². The topological polar surface area (TPSA) is 78.9 Å². The zero-order valence-corrected chi connectivity index (χ0v) is 16.0. The number of hydrogen-bond donors (Lipinski definition) is 0. The van der Waals surface area contributed by atoms with Gasteiger partial charge in [-0.3, -0.25) is 4.57 Å². The lowest BCUT2D eigenvalue weighted by atomic mass is 10.2. The molecular weight excluding hydrogens is 326 g/mol. The lowest BCUT2D eigenvalue weighted by molar-refractivity contribution is -0.139. The van der Waals surface area contributed by atoms with Gasteiger partial charge in [0.2, 0.25) is 0 Å². The fourth-order valence-corrected chi connectivity index (χ4v) is 5.57. The van der Waals surface area contributed by atoms with E-state index < -0.39 is 20.7 Å². The minimum Gasteiger partial charge on any atom is -0.462 e. The molecule has 0 aliphatic rings. The molecule has 1 unspecified atom stereocenters. The Morgan fingerprint density at radius 2 is 1.59 bits per heavy atom. The van der Waals surface area contributed by atoms with E-state index >= 15 is 0 Å². The molecular formula is C14H28O6P2. The summed E-state index contributed by atoms with van der Waals surface area (Å²) >= 11 is 0. The lowest BCUT2D eigenvalue weighted by Crippen LogP contribution is -2.22. The van der Waals surface area contributed by atoms with Crippen LogP contribution < -0.4 is 0 Å². The summed E-state index contributed by atoms with van der Waals surface area (Å²) in [6.07, 6.45) is 0.379. The summed E-state index contributed by atoms with van der Waals surface area (Å²) in [6.45, 7) is 12.3. The second-order valence-corrected chi connectivity index (χ2v) is 11.2. The molecule has 22 heavy (non-hydrogen) atoms. The van der Waals surface area contributed by atoms with E-state index in [2.05, 4.69) is 6.58 Å². The average Bonchev–Trinajstić information content (AvgIpc) is 2.33. The molecule has 1 atom stereocenters. The number of carbonyl (C=O) groups is 1. The highest BCUT2D eigenvalue weighted by atomic mass is 31.2. The van der Waals surface area contributed by atoms with Crippen molar-refractivity contribution in [3.63, 3.8) is 0 Å². The molecule has 0 saturated carbocycles. The smallest absolute Gasteiger partial charge is 0.333 e. The van der Waals surface area contributed by atoms with Gasteiger partial charge < -0.3 is 18.3 Å². The Morgan fingerprint density at radius 3 is 1.95 bits per heavy atom. The molecule has 0 rings (SSSR count). The van der Waals surface area contributed by atoms with E-state index in [-0.39, 0.29) is 37.5 Å². The number of carbonyl (C=O) groups excluding carboxylic acids is 1. The fraction of sp³-hybridized carbons (Fsp3) is 0.786. The first-order valence-electron chi connectivity index (χ1n) is 7.27. The van der Waals surface area contributed by atoms with Crippen LogP contribution in [0.2, 0.25) is 0 Å². The highest BCUT2D eigenvalue weighted by Gasteiger charge is 2.31. The molecule has 6 nitrogen and oxygen atoms in total. The predicted molar refractivity (Wildman–Crippen MR) is 89.3 cm³/mol. The molecule has 0 radical (unpaired) electrons. The van der Waals surface area contributed by atoms with Crippen LogP contribution in [0.1, 0.15) is 20.8 Å². The molecule has 0 aromatic rings. The number of esters is 1. The SMILES string of the molecule is C=C(C)C(=O)OCC(CP(C)(C)=O)CP(=O)(OCC)OCC. The van der Waals surface area contributed by atoms with Crippen molar-refractivity contribution in [2.24, 2.45) is 5.92 Å². The van der Waals surface area contributed by atoms with Crippen LogP contribution in [0.5, 0.6) is 0 Å². The van der Waals surface area contributed by atoms with Gasteiger partial charge in [-0.2, -0.15) is 0 Å². The van der Waals surface area contributed by atoms with Crippen molar-refractivity contribution >= 4 is 20.7 Å². The van der Waals surface area contributed by atoms with Gasteiger partial charge in [-0.25, -0.2) is 4.79 Å². The summed E-state index contributed by atoms with van der Waals surface area (Å²) in [4.78, 5) is 11.5. The van der Waals surface area contributed by atoms with Crippen LogP contribution in [-0.4, -0.2) is 51.4 Å². The van der Waals surface area contributed by atoms with Gasteiger partial charge >= 0.3 is 13.6 Å². The molecule has 8 heteroatoms. The van der Waals surface area contributed by atoms with Crippen LogP contribution >= 0.6 is 14.7 Å². The van der Waals surface area contributed by atoms with E-state index in [1.54, 1.807) is 34.1 Å². The summed E-state index contributed by atoms with van der Waals surface area (Å²) in [5.41, 5.74) is 0.285. The minimum absolute atomic E-state index is 0.0154. The zero-order chi connectivity index (χ0) is 17.4. The van der Waals surface area contributed by atoms with E-state index in [0.29, 0.717) is 6.16 Å². The molecule has 0 aliphatic heterocycles. The second-order valence-electron chi connectivity index (χ2n) is 5.63. The molecule has 0 aromatic heterocycles. The lowest BCUT2D eigenvalue weighted by Gasteiger charge is -2.24. The van der Waals surface area contributed by atoms with Gasteiger partial charge in [0.1, 0.15) is 0 Å². The first-order valence-corrected chi connectivity index (χ1v) is 11.8. The van der Waals surface area contributed by atoms with E-state index in [1.165, 1.54) is 0 Å². The standard InChI is InChI=1S/C14H28O6P2/c1-7-19-22(17,20-8-2)11-13(10-21(5,6)16)9-18-14(15)12(3)4/h13H,3,7-11H2,1-2,4-6H3. The van der Waals surface area contributed by atoms with Crippen molar-refractivity contribution in [1.82, 2.24) is 0 Å². The maximum Gasteiger partial charge on any atom is 0.333 e. The molecule has 0 N–H and O–H groups in total. The van der Waals surface area contributed by atoms with Crippen molar-refractivity contribution in [3.8, 4) is 0 Å². The molecule has 0 aromatic carbocycles. The quantitative estimate of drug-likeness (QED) is 0.320. The third-order valence-corrected chi connectivity index (χ3v) is 6.29. The van der Waals surface area contributed by atoms with Gasteiger partial charge in [0, 0.05) is 17.7 Å². The van der Waals surface area contributed by atoms with Gasteiger partial charge in [-0.1, -0.05) is 6.58 Å². The molecule has 0 saturated heterocycles. The highest BCUT2D eigenvalue weighted by molar-refractivity contribution is 7.62. The molecule has 0 fully saturated rings. The number of rotatable bonds is 11. The summed E-state index contributed by atoms with van der Waals surface area (Å²) in [5, 5.41) is 0. The Balaban J connectivity index is 4.98. The van der Waals surface area contributed by atoms with Gasteiger partial charge in [0.25, 0.3) is 0 Å². The summed E-state index contributed by atoms with van der Waals surface area (Å²) in [6, 6.07) is 0. The number of ether oxygens (including phenoxy) is 1. The maximum absolute atomic E-state index is 12.6. The Hall–Kier alpha value is -0.410. The van der Waals surface area contributed by atoms with E-state index in [0.717, 1.165) is 0 Å². The third-order valence-electron chi connectivity index (χ3n) is 2.63. The summed E-state index contributed by atoms with van der Waals surface area (Å²) < 4.78 is 40.3. The van der Waals surface area contributed by atoms with Crippen LogP contribution in [0.4, 0.5) is 0 Å². The van der Waals surface area contributed by atoms with E-state index in [9.17, 15) is 13.9 Å². The molecule has 0 spiro atoms. The molecule has 130 valence electrons. The van der Waals surface area contributed by atoms with Crippen molar-refractivity contribution in [2.75, 3.05) is 45.5 Å². The van der Waals surface area contributed by atoms with Crippen LogP contribution in [0.25, 0.3) is 0 Å². The van der Waals surface area contributed by atoms with Gasteiger partial charge in [0.05, 0.1) is 33.1 Å². The van der Waals surface area contributed by atoms with Crippen LogP contribution in [0, 0.1) is 5.92 Å². The predicted octanol–water partition coefficient (Wildman–Crippen LogP) is 3.61. The molecule has 0 bridgehead atoms. The average molecular weight is 354 g/mol. The second kappa shape index (κ2) is 9.67. The van der Waals surface area contributed by atoms with Gasteiger partial charge in [-0.15, -0.1) is 0 Å². The van der Waals surface area contributed by atoms with Crippen molar-refractivity contribution in [2.45, 2.75) is 20.8 Å². The monoisotopic (exact) mass is 354 g/mol. The summed E-state index contributed by atoms with van der Waals surface area (Å²) in [5.74, 6) is -0.872. The molecule has 0 aliphatic carbocycles. The summed E-state index contributed by atoms with van der Waals surface area (Å²) in [7, 11) is -5.66. The first kappa shape index (κ1) is 21.6. The Labute approximate surface area is 133 Å². The first-order chi connectivity index (χ1) is 10.0. The zero-order valence-electron chi connectivity index (χ0n) is 14.2. The number of hydrogen-bond acceptors (Lipinski definition) is 6. The Bertz CT molecular complexity index is 458. The minimum atomic E-state index is -3.28. The van der Waals surface area contributed by atoms with Crippen LogP contribution in [0.3, 0.4) is 0 Å². The normalized spacial score (nSPS) is 13.7. The van der Waals surface area contributed by atoms with Crippen LogP contribution in [-0.2, 0) is 27.7 Å².